The third kappa shape index (κ3) is 14.6. The van der Waals surface area contributed by atoms with Gasteiger partial charge < -0.3 is 21.1 Å². The number of nitrogens with zero attached hydrogens (tertiary/aromatic N) is 1. The minimum absolute atomic E-state index is 0.00147. The first kappa shape index (κ1) is 42.5. The predicted octanol–water partition coefficient (Wildman–Crippen LogP) is 3.73. The SMILES string of the molecule is CCCC(NC(=O)C1CC2(CN1C)SCCCS2)C(=O)C(=O)NCC(=O)N[C@H](C(C)=O)c1ccccc1.ClCCl.O=C(O)C(F)(F)F. The van der Waals surface area contributed by atoms with Crippen LogP contribution in [0.15, 0.2) is 30.3 Å². The van der Waals surface area contributed by atoms with Crippen LogP contribution in [0.2, 0.25) is 0 Å². The number of Topliss-reactive ketones (excluding diaryl/α,β-unsaturated/α-hetero) is 2. The number of amides is 3. The lowest BCUT2D eigenvalue weighted by Crippen LogP contribution is -2.52. The number of likely N-dealkylation sites (tertiary alicyclic amines) is 1. The Morgan fingerprint density at radius 1 is 1.06 bits per heavy atom. The van der Waals surface area contributed by atoms with E-state index in [2.05, 4.69) is 16.0 Å². The van der Waals surface area contributed by atoms with Crippen molar-refractivity contribution in [3.63, 3.8) is 0 Å². The molecule has 0 bridgehead atoms. The average Bonchev–Trinajstić information content (AvgIpc) is 3.33. The van der Waals surface area contributed by atoms with Crippen molar-refractivity contribution < 1.29 is 47.0 Å². The number of carboxylic acid groups (broad SMARTS) is 1. The fraction of sp³-hybridized carbons (Fsp3) is 0.586. The average molecular weight is 748 g/mol. The highest BCUT2D eigenvalue weighted by atomic mass is 35.5. The fourth-order valence-electron chi connectivity index (χ4n) is 4.63. The molecule has 47 heavy (non-hydrogen) atoms. The molecule has 2 fully saturated rings. The van der Waals surface area contributed by atoms with Crippen molar-refractivity contribution in [2.24, 2.45) is 0 Å². The van der Waals surface area contributed by atoms with Gasteiger partial charge in [0.1, 0.15) is 6.04 Å². The van der Waals surface area contributed by atoms with E-state index in [1.165, 1.54) is 13.3 Å². The van der Waals surface area contributed by atoms with E-state index in [4.69, 9.17) is 33.1 Å². The number of aliphatic carboxylic acids is 1. The van der Waals surface area contributed by atoms with Crippen LogP contribution in [-0.2, 0) is 28.8 Å². The summed E-state index contributed by atoms with van der Waals surface area (Å²) in [4.78, 5) is 74.0. The van der Waals surface area contributed by atoms with E-state index in [0.29, 0.717) is 24.8 Å². The number of halogens is 5. The van der Waals surface area contributed by atoms with Crippen LogP contribution in [0.4, 0.5) is 13.2 Å². The van der Waals surface area contributed by atoms with E-state index in [-0.39, 0.29) is 27.2 Å². The number of nitrogens with one attached hydrogen (secondary N) is 3. The maximum atomic E-state index is 13.1. The number of carbonyl (C=O) groups is 6. The molecule has 3 atom stereocenters. The molecule has 11 nitrogen and oxygen atoms in total. The van der Waals surface area contributed by atoms with Gasteiger partial charge in [-0.15, -0.1) is 46.7 Å². The number of alkyl halides is 5. The first-order valence-electron chi connectivity index (χ1n) is 14.4. The third-order valence-corrected chi connectivity index (χ3v) is 10.1. The van der Waals surface area contributed by atoms with Gasteiger partial charge in [-0.1, -0.05) is 43.7 Å². The van der Waals surface area contributed by atoms with Crippen molar-refractivity contribution in [3.8, 4) is 0 Å². The molecule has 0 aromatic heterocycles. The van der Waals surface area contributed by atoms with Gasteiger partial charge in [-0.05, 0) is 50.3 Å². The Hall–Kier alpha value is -2.53. The quantitative estimate of drug-likeness (QED) is 0.194. The second-order valence-electron chi connectivity index (χ2n) is 10.4. The Balaban J connectivity index is 0.000000962. The molecule has 264 valence electrons. The van der Waals surface area contributed by atoms with Gasteiger partial charge in [0.25, 0.3) is 5.91 Å². The summed E-state index contributed by atoms with van der Waals surface area (Å²) >= 11 is 13.3. The lowest BCUT2D eigenvalue weighted by atomic mass is 10.0. The molecule has 2 aliphatic rings. The summed E-state index contributed by atoms with van der Waals surface area (Å²) < 4.78 is 31.7. The van der Waals surface area contributed by atoms with Crippen LogP contribution >= 0.6 is 46.7 Å². The maximum Gasteiger partial charge on any atom is 0.490 e. The van der Waals surface area contributed by atoms with Crippen molar-refractivity contribution in [2.45, 2.75) is 67.9 Å². The first-order chi connectivity index (χ1) is 22.0. The van der Waals surface area contributed by atoms with Gasteiger partial charge in [-0.3, -0.25) is 28.9 Å². The maximum absolute atomic E-state index is 13.1. The number of hydrogen-bond donors (Lipinski definition) is 4. The van der Waals surface area contributed by atoms with Gasteiger partial charge in [-0.2, -0.15) is 13.2 Å². The second kappa shape index (κ2) is 20.8. The normalized spacial score (nSPS) is 18.3. The van der Waals surface area contributed by atoms with E-state index in [1.54, 1.807) is 30.3 Å². The topological polar surface area (TPSA) is 162 Å². The molecular weight excluding hydrogens is 708 g/mol. The van der Waals surface area contributed by atoms with Gasteiger partial charge in [-0.25, -0.2) is 4.79 Å². The van der Waals surface area contributed by atoms with Crippen LogP contribution in [0, 0.1) is 0 Å². The zero-order valence-electron chi connectivity index (χ0n) is 26.0. The molecule has 1 aromatic rings. The highest BCUT2D eigenvalue weighted by Crippen LogP contribution is 2.49. The molecule has 3 amide bonds. The number of likely N-dealkylation sites (N-methyl/N-ethyl adjacent to an activating group) is 1. The Morgan fingerprint density at radius 3 is 2.11 bits per heavy atom. The highest BCUT2D eigenvalue weighted by molar-refractivity contribution is 8.18. The first-order valence-corrected chi connectivity index (χ1v) is 17.4. The van der Waals surface area contributed by atoms with Crippen LogP contribution in [0.1, 0.15) is 51.1 Å². The molecule has 18 heteroatoms. The van der Waals surface area contributed by atoms with E-state index >= 15 is 0 Å². The van der Waals surface area contributed by atoms with Gasteiger partial charge in [0.15, 0.2) is 5.78 Å². The predicted molar refractivity (Wildman–Crippen MR) is 176 cm³/mol. The van der Waals surface area contributed by atoms with Crippen LogP contribution in [-0.4, -0.2) is 105 Å². The number of benzene rings is 1. The molecule has 0 aliphatic carbocycles. The third-order valence-electron chi connectivity index (χ3n) is 6.78. The monoisotopic (exact) mass is 746 g/mol. The summed E-state index contributed by atoms with van der Waals surface area (Å²) in [6, 6.07) is 6.60. The molecule has 2 aliphatic heterocycles. The Bertz CT molecular complexity index is 1230. The number of carboxylic acids is 1. The molecule has 2 unspecified atom stereocenters. The summed E-state index contributed by atoms with van der Waals surface area (Å²) in [6.07, 6.45) is -2.31. The molecule has 1 aromatic carbocycles. The Labute approximate surface area is 289 Å². The molecular formula is C29H39Cl2F3N4O7S2. The largest absolute Gasteiger partial charge is 0.490 e. The van der Waals surface area contributed by atoms with Crippen molar-refractivity contribution in [2.75, 3.05) is 37.0 Å². The zero-order valence-corrected chi connectivity index (χ0v) is 29.2. The Morgan fingerprint density at radius 2 is 1.62 bits per heavy atom. The van der Waals surface area contributed by atoms with Crippen molar-refractivity contribution in [3.05, 3.63) is 35.9 Å². The van der Waals surface area contributed by atoms with Crippen LogP contribution in [0.25, 0.3) is 0 Å². The van der Waals surface area contributed by atoms with Gasteiger partial charge in [0.05, 0.1) is 28.0 Å². The van der Waals surface area contributed by atoms with E-state index in [0.717, 1.165) is 18.1 Å². The van der Waals surface area contributed by atoms with Crippen molar-refractivity contribution in [1.29, 1.82) is 0 Å². The van der Waals surface area contributed by atoms with E-state index in [9.17, 15) is 37.1 Å². The second-order valence-corrected chi connectivity index (χ2v) is 14.4. The lowest BCUT2D eigenvalue weighted by molar-refractivity contribution is -0.192. The number of carbonyl (C=O) groups excluding carboxylic acids is 5. The van der Waals surface area contributed by atoms with Crippen molar-refractivity contribution >= 4 is 82.0 Å². The van der Waals surface area contributed by atoms with Crippen molar-refractivity contribution in [1.82, 2.24) is 20.9 Å². The Kier molecular flexibility index (Phi) is 18.8. The minimum atomic E-state index is -5.08. The highest BCUT2D eigenvalue weighted by Gasteiger charge is 2.47. The van der Waals surface area contributed by atoms with Gasteiger partial charge in [0, 0.05) is 6.54 Å². The summed E-state index contributed by atoms with van der Waals surface area (Å²) in [6.45, 7) is 3.57. The number of ketones is 2. The summed E-state index contributed by atoms with van der Waals surface area (Å²) in [5, 5.41) is 15.0. The summed E-state index contributed by atoms with van der Waals surface area (Å²) in [5.41, 5.74) is 0.625. The standard InChI is InChI=1S/C26H36N4O5S2.C2HF3O2.CH2Cl2/c1-4-9-19(28-24(34)20-14-26(16-30(20)3)36-12-8-13-37-26)23(33)25(35)27-15-21(32)29-22(17(2)31)18-10-6-5-7-11-18;3-2(4,5)1(6)7;2-1-3/h5-7,10-11,19-20,22H,4,8-9,12-16H2,1-3H3,(H,27,35)(H,28,34)(H,29,32);(H,6,7);1H2/t19?,20?,22-;;/m1../s1. The smallest absolute Gasteiger partial charge is 0.475 e. The zero-order chi connectivity index (χ0) is 35.8. The summed E-state index contributed by atoms with van der Waals surface area (Å²) in [7, 11) is 1.92. The number of rotatable bonds is 11. The minimum Gasteiger partial charge on any atom is -0.475 e. The number of thioether (sulfide) groups is 2. The molecule has 2 saturated heterocycles. The molecule has 0 saturated carbocycles. The molecule has 1 spiro atoms. The van der Waals surface area contributed by atoms with E-state index < -0.39 is 48.4 Å². The van der Waals surface area contributed by atoms with Gasteiger partial charge >= 0.3 is 12.1 Å². The summed E-state index contributed by atoms with van der Waals surface area (Å²) in [5.74, 6) is -3.42. The number of hydrogen-bond acceptors (Lipinski definition) is 9. The van der Waals surface area contributed by atoms with Gasteiger partial charge in [0.2, 0.25) is 17.6 Å². The fourth-order valence-corrected chi connectivity index (χ4v) is 8.11. The lowest BCUT2D eigenvalue weighted by Gasteiger charge is -2.31. The molecule has 2 heterocycles. The molecule has 4 N–H and O–H groups in total. The molecule has 0 radical (unpaired) electrons. The van der Waals surface area contributed by atoms with Crippen LogP contribution in [0.3, 0.4) is 0 Å². The van der Waals surface area contributed by atoms with E-state index in [1.807, 2.05) is 42.4 Å². The van der Waals surface area contributed by atoms with Crippen LogP contribution < -0.4 is 16.0 Å². The van der Waals surface area contributed by atoms with Crippen LogP contribution in [0.5, 0.6) is 0 Å². The molecule has 3 rings (SSSR count).